The number of aliphatic carboxylic acids is 1. The van der Waals surface area contributed by atoms with Crippen LogP contribution < -0.4 is 14.2 Å². The van der Waals surface area contributed by atoms with Crippen molar-refractivity contribution >= 4 is 5.97 Å². The topological polar surface area (TPSA) is 65.0 Å². The Labute approximate surface area is 154 Å². The minimum Gasteiger partial charge on any atom is -0.497 e. The Bertz CT molecular complexity index is 709. The molecular weight excluding hydrogens is 332 g/mol. The molecule has 5 nitrogen and oxygen atoms in total. The largest absolute Gasteiger partial charge is 0.497 e. The number of hydrogen-bond acceptors (Lipinski definition) is 4. The molecule has 2 rings (SSSR count). The van der Waals surface area contributed by atoms with E-state index in [2.05, 4.69) is 6.92 Å². The van der Waals surface area contributed by atoms with Crippen molar-refractivity contribution in [2.75, 3.05) is 20.8 Å². The van der Waals surface area contributed by atoms with E-state index in [-0.39, 0.29) is 0 Å². The Morgan fingerprint density at radius 2 is 1.69 bits per heavy atom. The number of hydrogen-bond donors (Lipinski definition) is 1. The van der Waals surface area contributed by atoms with Crippen LogP contribution in [0.25, 0.3) is 0 Å². The summed E-state index contributed by atoms with van der Waals surface area (Å²) >= 11 is 0. The number of carboxylic acids is 1. The monoisotopic (exact) mass is 358 g/mol. The minimum atomic E-state index is -0.870. The summed E-state index contributed by atoms with van der Waals surface area (Å²) in [6.07, 6.45) is 2.31. The van der Waals surface area contributed by atoms with Crippen molar-refractivity contribution in [1.82, 2.24) is 0 Å². The molecular formula is C21H26O5. The molecule has 0 amide bonds. The third-order valence-electron chi connectivity index (χ3n) is 4.27. The lowest BCUT2D eigenvalue weighted by atomic mass is 9.91. The van der Waals surface area contributed by atoms with Crippen LogP contribution >= 0.6 is 0 Å². The molecule has 0 aliphatic carbocycles. The van der Waals surface area contributed by atoms with Crippen molar-refractivity contribution in [2.45, 2.75) is 32.1 Å². The van der Waals surface area contributed by atoms with Crippen LogP contribution in [-0.4, -0.2) is 31.9 Å². The second-order valence-corrected chi connectivity index (χ2v) is 6.04. The number of unbranched alkanes of at least 4 members (excludes halogenated alkanes) is 1. The van der Waals surface area contributed by atoms with Gasteiger partial charge in [-0.05, 0) is 42.2 Å². The first-order valence-electron chi connectivity index (χ1n) is 8.75. The Morgan fingerprint density at radius 3 is 2.27 bits per heavy atom. The molecule has 26 heavy (non-hydrogen) atoms. The van der Waals surface area contributed by atoms with E-state index in [4.69, 9.17) is 14.2 Å². The molecule has 0 saturated heterocycles. The highest BCUT2D eigenvalue weighted by molar-refractivity contribution is 5.76. The molecule has 0 bridgehead atoms. The lowest BCUT2D eigenvalue weighted by Gasteiger charge is -2.17. The predicted molar refractivity (Wildman–Crippen MR) is 100 cm³/mol. The zero-order chi connectivity index (χ0) is 18.9. The predicted octanol–water partition coefficient (Wildman–Crippen LogP) is 4.29. The minimum absolute atomic E-state index is 0.340. The van der Waals surface area contributed by atoms with Crippen LogP contribution in [0.1, 0.15) is 36.8 Å². The molecule has 0 aliphatic rings. The molecule has 0 saturated carbocycles. The highest BCUT2D eigenvalue weighted by Crippen LogP contribution is 2.31. The Kier molecular flexibility index (Phi) is 7.33. The summed E-state index contributed by atoms with van der Waals surface area (Å²) < 4.78 is 16.3. The third kappa shape index (κ3) is 5.15. The first-order chi connectivity index (χ1) is 12.6. The van der Waals surface area contributed by atoms with Gasteiger partial charge in [0, 0.05) is 6.07 Å². The fourth-order valence-corrected chi connectivity index (χ4v) is 2.70. The number of ether oxygens (including phenoxy) is 3. The van der Waals surface area contributed by atoms with Crippen molar-refractivity contribution in [3.8, 4) is 17.2 Å². The quantitative estimate of drug-likeness (QED) is 0.642. The van der Waals surface area contributed by atoms with Gasteiger partial charge in [0.1, 0.15) is 17.2 Å². The van der Waals surface area contributed by atoms with Crippen LogP contribution in [0.2, 0.25) is 0 Å². The molecule has 140 valence electrons. The second-order valence-electron chi connectivity index (χ2n) is 6.04. The Morgan fingerprint density at radius 1 is 1.04 bits per heavy atom. The normalized spacial score (nSPS) is 11.7. The Hall–Kier alpha value is -2.69. The van der Waals surface area contributed by atoms with Gasteiger partial charge >= 0.3 is 5.97 Å². The highest BCUT2D eigenvalue weighted by Gasteiger charge is 2.22. The van der Waals surface area contributed by atoms with Crippen molar-refractivity contribution in [3.05, 3.63) is 53.6 Å². The fraction of sp³-hybridized carbons (Fsp3) is 0.381. The molecule has 0 aromatic heterocycles. The summed E-state index contributed by atoms with van der Waals surface area (Å²) in [6.45, 7) is 2.69. The highest BCUT2D eigenvalue weighted by atomic mass is 16.5. The molecule has 0 aliphatic heterocycles. The van der Waals surface area contributed by atoms with Gasteiger partial charge in [0.15, 0.2) is 0 Å². The average Bonchev–Trinajstić information content (AvgIpc) is 2.67. The fourth-order valence-electron chi connectivity index (χ4n) is 2.70. The number of carboxylic acid groups (broad SMARTS) is 1. The van der Waals surface area contributed by atoms with E-state index in [1.54, 1.807) is 38.5 Å². The second kappa shape index (κ2) is 9.70. The lowest BCUT2D eigenvalue weighted by molar-refractivity contribution is -0.138. The van der Waals surface area contributed by atoms with E-state index in [0.717, 1.165) is 24.0 Å². The molecule has 0 fully saturated rings. The summed E-state index contributed by atoms with van der Waals surface area (Å²) in [4.78, 5) is 11.9. The van der Waals surface area contributed by atoms with Gasteiger partial charge in [0.25, 0.3) is 0 Å². The summed E-state index contributed by atoms with van der Waals surface area (Å²) in [5.41, 5.74) is 1.58. The molecule has 0 heterocycles. The van der Waals surface area contributed by atoms with Crippen LogP contribution in [0.4, 0.5) is 0 Å². The molecule has 1 atom stereocenters. The van der Waals surface area contributed by atoms with Crippen LogP contribution in [0.5, 0.6) is 17.2 Å². The van der Waals surface area contributed by atoms with Gasteiger partial charge in [0.05, 0.1) is 26.7 Å². The van der Waals surface area contributed by atoms with Gasteiger partial charge in [-0.3, -0.25) is 4.79 Å². The van der Waals surface area contributed by atoms with Crippen molar-refractivity contribution in [1.29, 1.82) is 0 Å². The number of benzene rings is 2. The maximum Gasteiger partial charge on any atom is 0.311 e. The van der Waals surface area contributed by atoms with E-state index in [9.17, 15) is 9.90 Å². The maximum atomic E-state index is 11.9. The average molecular weight is 358 g/mol. The summed E-state index contributed by atoms with van der Waals surface area (Å²) in [7, 11) is 3.18. The van der Waals surface area contributed by atoms with Crippen LogP contribution in [0, 0.1) is 0 Å². The molecule has 1 N–H and O–H groups in total. The Balaban J connectivity index is 2.27. The van der Waals surface area contributed by atoms with Crippen LogP contribution in [0.3, 0.4) is 0 Å². The van der Waals surface area contributed by atoms with Crippen molar-refractivity contribution in [2.24, 2.45) is 0 Å². The van der Waals surface area contributed by atoms with Crippen molar-refractivity contribution in [3.63, 3.8) is 0 Å². The number of methoxy groups -OCH3 is 2. The van der Waals surface area contributed by atoms with Gasteiger partial charge in [-0.25, -0.2) is 0 Å². The van der Waals surface area contributed by atoms with Gasteiger partial charge in [-0.2, -0.15) is 0 Å². The summed E-state index contributed by atoms with van der Waals surface area (Å²) in [6, 6.07) is 12.7. The van der Waals surface area contributed by atoms with Gasteiger partial charge in [0.2, 0.25) is 0 Å². The first kappa shape index (κ1) is 19.6. The lowest BCUT2D eigenvalue weighted by Crippen LogP contribution is -2.15. The van der Waals surface area contributed by atoms with E-state index in [0.29, 0.717) is 30.3 Å². The number of rotatable bonds is 10. The van der Waals surface area contributed by atoms with E-state index >= 15 is 0 Å². The van der Waals surface area contributed by atoms with Gasteiger partial charge in [-0.15, -0.1) is 0 Å². The zero-order valence-corrected chi connectivity index (χ0v) is 15.5. The van der Waals surface area contributed by atoms with Crippen LogP contribution in [0.15, 0.2) is 42.5 Å². The third-order valence-corrected chi connectivity index (χ3v) is 4.27. The molecule has 0 radical (unpaired) electrons. The number of carbonyl (C=O) groups is 1. The standard InChI is InChI=1S/C21H26O5/c1-4-5-12-26-20-14-18(25-3)11-8-16(20)13-19(21(22)23)15-6-9-17(24-2)10-7-15/h6-11,14,19H,4-5,12-13H2,1-3H3,(H,22,23). The van der Waals surface area contributed by atoms with Gasteiger partial charge in [-0.1, -0.05) is 31.5 Å². The van der Waals surface area contributed by atoms with Crippen LogP contribution in [-0.2, 0) is 11.2 Å². The van der Waals surface area contributed by atoms with E-state index < -0.39 is 11.9 Å². The summed E-state index contributed by atoms with van der Waals surface area (Å²) in [5, 5.41) is 9.72. The summed E-state index contributed by atoms with van der Waals surface area (Å²) in [5.74, 6) is 0.536. The molecule has 0 spiro atoms. The molecule has 5 heteroatoms. The van der Waals surface area contributed by atoms with E-state index in [1.165, 1.54) is 0 Å². The smallest absolute Gasteiger partial charge is 0.311 e. The SMILES string of the molecule is CCCCOc1cc(OC)ccc1CC(C(=O)O)c1ccc(OC)cc1. The first-order valence-corrected chi connectivity index (χ1v) is 8.75. The zero-order valence-electron chi connectivity index (χ0n) is 15.5. The molecule has 2 aromatic carbocycles. The van der Waals surface area contributed by atoms with E-state index in [1.807, 2.05) is 18.2 Å². The molecule has 2 aromatic rings. The van der Waals surface area contributed by atoms with Crippen molar-refractivity contribution < 1.29 is 24.1 Å². The maximum absolute atomic E-state index is 11.9. The van der Waals surface area contributed by atoms with Gasteiger partial charge < -0.3 is 19.3 Å². The molecule has 1 unspecified atom stereocenters.